The predicted molar refractivity (Wildman–Crippen MR) is 79.3 cm³/mol. The quantitative estimate of drug-likeness (QED) is 0.841. The molecule has 1 aliphatic heterocycles. The Morgan fingerprint density at radius 1 is 1.29 bits per heavy atom. The first-order valence-corrected chi connectivity index (χ1v) is 7.64. The summed E-state index contributed by atoms with van der Waals surface area (Å²) in [6.45, 7) is 0.941. The molecule has 1 atom stereocenters. The fraction of sp³-hybridized carbons (Fsp3) is 0.533. The van der Waals surface area contributed by atoms with Crippen LogP contribution in [0.25, 0.3) is 0 Å². The lowest BCUT2D eigenvalue weighted by Crippen LogP contribution is -2.39. The third-order valence-electron chi connectivity index (χ3n) is 4.23. The summed E-state index contributed by atoms with van der Waals surface area (Å²) < 4.78 is 41.4. The van der Waals surface area contributed by atoms with Crippen molar-refractivity contribution in [1.29, 1.82) is 0 Å². The van der Waals surface area contributed by atoms with Gasteiger partial charge in [-0.25, -0.2) is 4.98 Å². The Morgan fingerprint density at radius 3 is 2.62 bits per heavy atom. The highest BCUT2D eigenvalue weighted by Gasteiger charge is 2.36. The molecule has 1 saturated heterocycles. The zero-order chi connectivity index (χ0) is 17.5. The Kier molecular flexibility index (Phi) is 4.10. The Balaban J connectivity index is 1.79. The average molecular weight is 341 g/mol. The number of halogens is 3. The van der Waals surface area contributed by atoms with Gasteiger partial charge in [0, 0.05) is 45.5 Å². The van der Waals surface area contributed by atoms with Crippen molar-refractivity contribution in [2.75, 3.05) is 13.1 Å². The second kappa shape index (κ2) is 5.95. The number of imidazole rings is 1. The Hall–Kier alpha value is -2.32. The van der Waals surface area contributed by atoms with Crippen LogP contribution in [0.15, 0.2) is 18.6 Å². The van der Waals surface area contributed by atoms with Gasteiger partial charge < -0.3 is 9.47 Å². The third-order valence-corrected chi connectivity index (χ3v) is 4.23. The van der Waals surface area contributed by atoms with E-state index in [1.54, 1.807) is 29.9 Å². The molecule has 24 heavy (non-hydrogen) atoms. The first-order chi connectivity index (χ1) is 11.3. The third kappa shape index (κ3) is 3.15. The molecule has 0 aliphatic carbocycles. The number of hydrogen-bond acceptors (Lipinski definition) is 3. The second-order valence-electron chi connectivity index (χ2n) is 6.09. The zero-order valence-electron chi connectivity index (χ0n) is 13.4. The van der Waals surface area contributed by atoms with Gasteiger partial charge in [0.1, 0.15) is 5.82 Å². The zero-order valence-corrected chi connectivity index (χ0v) is 13.4. The van der Waals surface area contributed by atoms with E-state index < -0.39 is 11.9 Å². The van der Waals surface area contributed by atoms with Crippen LogP contribution in [-0.4, -0.2) is 43.2 Å². The Labute approximate surface area is 136 Å². The Morgan fingerprint density at radius 2 is 2.04 bits per heavy atom. The van der Waals surface area contributed by atoms with Crippen LogP contribution in [0.4, 0.5) is 13.2 Å². The maximum atomic E-state index is 12.8. The number of likely N-dealkylation sites (tertiary alicyclic amines) is 1. The summed E-state index contributed by atoms with van der Waals surface area (Å²) in [4.78, 5) is 17.9. The number of hydrogen-bond donors (Lipinski definition) is 0. The van der Waals surface area contributed by atoms with E-state index in [0.29, 0.717) is 30.9 Å². The van der Waals surface area contributed by atoms with E-state index in [2.05, 4.69) is 10.1 Å². The minimum absolute atomic E-state index is 0.155. The Bertz CT molecular complexity index is 749. The largest absolute Gasteiger partial charge is 0.434 e. The number of amides is 1. The number of carbonyl (C=O) groups excluding carboxylic acids is 1. The SMILES string of the molecule is Cn1cc(C(=O)N2CCCC(c3nc(C(F)(F)F)cn3C)C2)cn1. The molecule has 0 radical (unpaired) electrons. The van der Waals surface area contributed by atoms with Gasteiger partial charge in [0.15, 0.2) is 5.69 Å². The van der Waals surface area contributed by atoms with E-state index in [-0.39, 0.29) is 11.8 Å². The van der Waals surface area contributed by atoms with Crippen LogP contribution in [0.1, 0.15) is 40.6 Å². The van der Waals surface area contributed by atoms with Crippen LogP contribution in [0, 0.1) is 0 Å². The summed E-state index contributed by atoms with van der Waals surface area (Å²) in [7, 11) is 3.28. The van der Waals surface area contributed by atoms with Crippen LogP contribution in [-0.2, 0) is 20.3 Å². The molecule has 0 spiro atoms. The molecule has 9 heteroatoms. The fourth-order valence-corrected chi connectivity index (χ4v) is 3.08. The normalized spacial score (nSPS) is 18.9. The number of carbonyl (C=O) groups is 1. The summed E-state index contributed by atoms with van der Waals surface area (Å²) >= 11 is 0. The summed E-state index contributed by atoms with van der Waals surface area (Å²) in [6.07, 6.45) is 1.10. The van der Waals surface area contributed by atoms with Gasteiger partial charge in [-0.2, -0.15) is 18.3 Å². The van der Waals surface area contributed by atoms with Crippen LogP contribution in [0.2, 0.25) is 0 Å². The smallest absolute Gasteiger partial charge is 0.338 e. The van der Waals surface area contributed by atoms with Gasteiger partial charge >= 0.3 is 6.18 Å². The minimum Gasteiger partial charge on any atom is -0.338 e. The molecular formula is C15H18F3N5O. The molecule has 2 aromatic heterocycles. The second-order valence-corrected chi connectivity index (χ2v) is 6.09. The fourth-order valence-electron chi connectivity index (χ4n) is 3.08. The van der Waals surface area contributed by atoms with Crippen molar-refractivity contribution in [1.82, 2.24) is 24.2 Å². The molecular weight excluding hydrogens is 323 g/mol. The van der Waals surface area contributed by atoms with Crippen molar-refractivity contribution in [2.45, 2.75) is 24.9 Å². The molecule has 1 amide bonds. The number of rotatable bonds is 2. The lowest BCUT2D eigenvalue weighted by atomic mass is 9.96. The van der Waals surface area contributed by atoms with Gasteiger partial charge in [-0.1, -0.05) is 0 Å². The monoisotopic (exact) mass is 341 g/mol. The van der Waals surface area contributed by atoms with Crippen molar-refractivity contribution in [2.24, 2.45) is 14.1 Å². The van der Waals surface area contributed by atoms with Crippen molar-refractivity contribution in [3.8, 4) is 0 Å². The van der Waals surface area contributed by atoms with Crippen LogP contribution in [0.5, 0.6) is 0 Å². The van der Waals surface area contributed by atoms with Gasteiger partial charge in [-0.3, -0.25) is 9.48 Å². The highest BCUT2D eigenvalue weighted by molar-refractivity contribution is 5.93. The highest BCUT2D eigenvalue weighted by atomic mass is 19.4. The van der Waals surface area contributed by atoms with Crippen LogP contribution >= 0.6 is 0 Å². The molecule has 3 heterocycles. The van der Waals surface area contributed by atoms with Crippen LogP contribution in [0.3, 0.4) is 0 Å². The van der Waals surface area contributed by atoms with E-state index >= 15 is 0 Å². The molecule has 0 N–H and O–H groups in total. The topological polar surface area (TPSA) is 56.0 Å². The van der Waals surface area contributed by atoms with E-state index in [1.165, 1.54) is 10.8 Å². The number of aromatic nitrogens is 4. The van der Waals surface area contributed by atoms with E-state index in [0.717, 1.165) is 12.6 Å². The van der Waals surface area contributed by atoms with E-state index in [4.69, 9.17) is 0 Å². The van der Waals surface area contributed by atoms with Crippen molar-refractivity contribution in [3.63, 3.8) is 0 Å². The first-order valence-electron chi connectivity index (χ1n) is 7.64. The molecule has 1 unspecified atom stereocenters. The van der Waals surface area contributed by atoms with Crippen molar-refractivity contribution >= 4 is 5.91 Å². The molecule has 0 saturated carbocycles. The van der Waals surface area contributed by atoms with Crippen molar-refractivity contribution in [3.05, 3.63) is 35.7 Å². The van der Waals surface area contributed by atoms with E-state index in [1.807, 2.05) is 0 Å². The summed E-state index contributed by atoms with van der Waals surface area (Å²) in [5, 5.41) is 3.98. The maximum Gasteiger partial charge on any atom is 0.434 e. The summed E-state index contributed by atoms with van der Waals surface area (Å²) in [5.41, 5.74) is -0.412. The molecule has 6 nitrogen and oxygen atoms in total. The number of piperidine rings is 1. The molecule has 0 aromatic carbocycles. The molecule has 1 fully saturated rings. The maximum absolute atomic E-state index is 12.8. The lowest BCUT2D eigenvalue weighted by Gasteiger charge is -2.32. The molecule has 130 valence electrons. The number of alkyl halides is 3. The van der Waals surface area contributed by atoms with Gasteiger partial charge in [0.05, 0.1) is 11.8 Å². The lowest BCUT2D eigenvalue weighted by molar-refractivity contribution is -0.141. The molecule has 3 rings (SSSR count). The molecule has 0 bridgehead atoms. The average Bonchev–Trinajstić information content (AvgIpc) is 3.12. The van der Waals surface area contributed by atoms with Gasteiger partial charge in [0.2, 0.25) is 0 Å². The minimum atomic E-state index is -4.46. The number of nitrogens with zero attached hydrogens (tertiary/aromatic N) is 5. The first kappa shape index (κ1) is 16.5. The summed E-state index contributed by atoms with van der Waals surface area (Å²) in [5.74, 6) is 0.00420. The van der Waals surface area contributed by atoms with E-state index in [9.17, 15) is 18.0 Å². The molecule has 1 aliphatic rings. The van der Waals surface area contributed by atoms with Gasteiger partial charge in [0.25, 0.3) is 5.91 Å². The standard InChI is InChI=1S/C15H18F3N5O/c1-21-9-12(15(16,17)18)20-13(21)10-4-3-5-23(8-10)14(24)11-6-19-22(2)7-11/h6-7,9-10H,3-5,8H2,1-2H3. The van der Waals surface area contributed by atoms with Crippen molar-refractivity contribution < 1.29 is 18.0 Å². The van der Waals surface area contributed by atoms with Gasteiger partial charge in [-0.15, -0.1) is 0 Å². The highest BCUT2D eigenvalue weighted by Crippen LogP contribution is 2.32. The molecule has 2 aromatic rings. The number of aryl methyl sites for hydroxylation is 2. The predicted octanol–water partition coefficient (Wildman–Crippen LogP) is 2.19. The van der Waals surface area contributed by atoms with Crippen LogP contribution < -0.4 is 0 Å². The van der Waals surface area contributed by atoms with Gasteiger partial charge in [-0.05, 0) is 12.8 Å². The summed E-state index contributed by atoms with van der Waals surface area (Å²) in [6, 6.07) is 0.